The Morgan fingerprint density at radius 3 is 3.05 bits per heavy atom. The number of aromatic nitrogens is 5. The fourth-order valence-electron chi connectivity index (χ4n) is 1.40. The summed E-state index contributed by atoms with van der Waals surface area (Å²) in [6, 6.07) is 5.37. The van der Waals surface area contributed by atoms with Crippen molar-refractivity contribution in [3.8, 4) is 6.07 Å². The largest absolute Gasteiger partial charge is 0.468 e. The summed E-state index contributed by atoms with van der Waals surface area (Å²) in [5.74, 6) is -0.450. The highest BCUT2D eigenvalue weighted by atomic mass is 32.2. The maximum absolute atomic E-state index is 11.2. The van der Waals surface area contributed by atoms with E-state index in [1.807, 2.05) is 0 Å². The monoisotopic (exact) mass is 290 g/mol. The molecule has 0 aromatic carbocycles. The van der Waals surface area contributed by atoms with Crippen LogP contribution in [0.15, 0.2) is 22.3 Å². The van der Waals surface area contributed by atoms with Gasteiger partial charge in [0.1, 0.15) is 11.6 Å². The minimum atomic E-state index is -0.450. The predicted octanol–water partition coefficient (Wildman–Crippen LogP) is 0.572. The third kappa shape index (κ3) is 3.30. The van der Waals surface area contributed by atoms with Crippen molar-refractivity contribution < 1.29 is 9.53 Å². The molecular weight excluding hydrogens is 280 g/mol. The molecule has 0 amide bonds. The van der Waals surface area contributed by atoms with Crippen LogP contribution in [0.5, 0.6) is 0 Å². The number of nitrogens with zero attached hydrogens (tertiary/aromatic N) is 6. The molecule has 0 unspecified atom stereocenters. The Balaban J connectivity index is 2.23. The molecular formula is C11H10N6O2S. The standard InChI is InChI=1S/C11H10N6O2S/c1-7-3-8(5-12)4-9(13-7)20-11-14-15-16-17(11)6-10(18)19-2/h3-4H,6H2,1-2H3. The lowest BCUT2D eigenvalue weighted by atomic mass is 10.2. The molecule has 0 saturated carbocycles. The number of carbonyl (C=O) groups excluding carboxylic acids is 1. The summed E-state index contributed by atoms with van der Waals surface area (Å²) >= 11 is 1.17. The van der Waals surface area contributed by atoms with Crippen LogP contribution in [0, 0.1) is 18.3 Å². The van der Waals surface area contributed by atoms with Crippen LogP contribution < -0.4 is 0 Å². The van der Waals surface area contributed by atoms with E-state index in [9.17, 15) is 4.79 Å². The van der Waals surface area contributed by atoms with Crippen molar-refractivity contribution in [1.82, 2.24) is 25.2 Å². The van der Waals surface area contributed by atoms with Gasteiger partial charge in [0.2, 0.25) is 5.16 Å². The highest BCUT2D eigenvalue weighted by Crippen LogP contribution is 2.24. The molecule has 2 aromatic rings. The number of tetrazole rings is 1. The molecule has 0 saturated heterocycles. The second-order valence-electron chi connectivity index (χ2n) is 3.74. The van der Waals surface area contributed by atoms with E-state index in [0.29, 0.717) is 15.7 Å². The van der Waals surface area contributed by atoms with Crippen LogP contribution in [-0.4, -0.2) is 38.3 Å². The molecule has 0 radical (unpaired) electrons. The summed E-state index contributed by atoms with van der Waals surface area (Å²) in [6.45, 7) is 1.71. The van der Waals surface area contributed by atoms with E-state index >= 15 is 0 Å². The van der Waals surface area contributed by atoms with Gasteiger partial charge < -0.3 is 4.74 Å². The van der Waals surface area contributed by atoms with Crippen LogP contribution in [0.3, 0.4) is 0 Å². The van der Waals surface area contributed by atoms with E-state index in [-0.39, 0.29) is 6.54 Å². The molecule has 0 aliphatic rings. The summed E-state index contributed by atoms with van der Waals surface area (Å²) in [7, 11) is 1.29. The van der Waals surface area contributed by atoms with Gasteiger partial charge in [0, 0.05) is 5.69 Å². The van der Waals surface area contributed by atoms with Crippen LogP contribution >= 0.6 is 11.8 Å². The van der Waals surface area contributed by atoms with E-state index in [1.165, 1.54) is 23.6 Å². The lowest BCUT2D eigenvalue weighted by Gasteiger charge is -2.03. The van der Waals surface area contributed by atoms with Gasteiger partial charge in [-0.1, -0.05) is 0 Å². The van der Waals surface area contributed by atoms with Gasteiger partial charge in [0.05, 0.1) is 18.7 Å². The van der Waals surface area contributed by atoms with Crippen molar-refractivity contribution in [2.24, 2.45) is 0 Å². The fourth-order valence-corrected chi connectivity index (χ4v) is 2.25. The molecule has 2 heterocycles. The molecule has 9 heteroatoms. The first-order valence-electron chi connectivity index (χ1n) is 5.52. The number of methoxy groups -OCH3 is 1. The van der Waals surface area contributed by atoms with Crippen molar-refractivity contribution in [3.05, 3.63) is 23.4 Å². The topological polar surface area (TPSA) is 107 Å². The molecule has 0 aliphatic heterocycles. The minimum Gasteiger partial charge on any atom is -0.468 e. The van der Waals surface area contributed by atoms with E-state index in [0.717, 1.165) is 5.69 Å². The number of aryl methyl sites for hydroxylation is 1. The fraction of sp³-hybridized carbons (Fsp3) is 0.273. The normalized spacial score (nSPS) is 10.1. The highest BCUT2D eigenvalue weighted by molar-refractivity contribution is 7.99. The summed E-state index contributed by atoms with van der Waals surface area (Å²) in [6.07, 6.45) is 0. The molecule has 0 bridgehead atoms. The third-order valence-electron chi connectivity index (χ3n) is 2.26. The third-order valence-corrected chi connectivity index (χ3v) is 3.15. The van der Waals surface area contributed by atoms with Gasteiger partial charge in [-0.25, -0.2) is 9.67 Å². The number of esters is 1. The van der Waals surface area contributed by atoms with Crippen molar-refractivity contribution in [1.29, 1.82) is 5.26 Å². The van der Waals surface area contributed by atoms with Crippen LogP contribution in [0.2, 0.25) is 0 Å². The minimum absolute atomic E-state index is 0.0806. The van der Waals surface area contributed by atoms with Gasteiger partial charge in [0.25, 0.3) is 0 Å². The highest BCUT2D eigenvalue weighted by Gasteiger charge is 2.13. The zero-order chi connectivity index (χ0) is 14.5. The number of carbonyl (C=O) groups is 1. The molecule has 20 heavy (non-hydrogen) atoms. The predicted molar refractivity (Wildman–Crippen MR) is 67.6 cm³/mol. The van der Waals surface area contributed by atoms with Crippen molar-refractivity contribution >= 4 is 17.7 Å². The van der Waals surface area contributed by atoms with Crippen LogP contribution in [0.1, 0.15) is 11.3 Å². The lowest BCUT2D eigenvalue weighted by Crippen LogP contribution is -2.13. The van der Waals surface area contributed by atoms with Crippen LogP contribution in [0.4, 0.5) is 0 Å². The Kier molecular flexibility index (Phi) is 4.27. The number of hydrogen-bond acceptors (Lipinski definition) is 8. The SMILES string of the molecule is COC(=O)Cn1nnnc1Sc1cc(C#N)cc(C)n1. The Morgan fingerprint density at radius 2 is 2.35 bits per heavy atom. The molecule has 2 aromatic heterocycles. The van der Waals surface area contributed by atoms with Gasteiger partial charge in [-0.2, -0.15) is 5.26 Å². The average molecular weight is 290 g/mol. The van der Waals surface area contributed by atoms with E-state index in [2.05, 4.69) is 31.3 Å². The van der Waals surface area contributed by atoms with Gasteiger partial charge >= 0.3 is 5.97 Å². The maximum Gasteiger partial charge on any atom is 0.327 e. The van der Waals surface area contributed by atoms with Gasteiger partial charge in [-0.05, 0) is 41.2 Å². The number of hydrogen-bond donors (Lipinski definition) is 0. The summed E-state index contributed by atoms with van der Waals surface area (Å²) in [5.41, 5.74) is 1.23. The summed E-state index contributed by atoms with van der Waals surface area (Å²) < 4.78 is 5.87. The first-order chi connectivity index (χ1) is 9.62. The zero-order valence-corrected chi connectivity index (χ0v) is 11.6. The lowest BCUT2D eigenvalue weighted by molar-refractivity contribution is -0.141. The molecule has 0 spiro atoms. The number of pyridine rings is 1. The molecule has 0 N–H and O–H groups in total. The average Bonchev–Trinajstić information content (AvgIpc) is 2.85. The van der Waals surface area contributed by atoms with Crippen molar-refractivity contribution in [2.45, 2.75) is 23.7 Å². The number of nitriles is 1. The summed E-state index contributed by atoms with van der Waals surface area (Å²) in [4.78, 5) is 15.5. The Hall–Kier alpha value is -2.47. The zero-order valence-electron chi connectivity index (χ0n) is 10.8. The molecule has 102 valence electrons. The van der Waals surface area contributed by atoms with E-state index in [1.54, 1.807) is 19.1 Å². The summed E-state index contributed by atoms with van der Waals surface area (Å²) in [5, 5.41) is 20.9. The maximum atomic E-state index is 11.2. The van der Waals surface area contributed by atoms with Gasteiger partial charge in [-0.15, -0.1) is 5.10 Å². The Labute approximate surface area is 118 Å². The van der Waals surface area contributed by atoms with Crippen molar-refractivity contribution in [3.63, 3.8) is 0 Å². The van der Waals surface area contributed by atoms with E-state index in [4.69, 9.17) is 5.26 Å². The Bertz CT molecular complexity index is 678. The molecule has 0 atom stereocenters. The first kappa shape index (κ1) is 14.0. The second-order valence-corrected chi connectivity index (χ2v) is 4.73. The first-order valence-corrected chi connectivity index (χ1v) is 6.33. The molecule has 0 fully saturated rings. The van der Waals surface area contributed by atoms with E-state index < -0.39 is 5.97 Å². The van der Waals surface area contributed by atoms with Crippen LogP contribution in [0.25, 0.3) is 0 Å². The molecule has 0 aliphatic carbocycles. The number of ether oxygens (including phenoxy) is 1. The second kappa shape index (κ2) is 6.12. The Morgan fingerprint density at radius 1 is 1.55 bits per heavy atom. The smallest absolute Gasteiger partial charge is 0.327 e. The van der Waals surface area contributed by atoms with Crippen molar-refractivity contribution in [2.75, 3.05) is 7.11 Å². The van der Waals surface area contributed by atoms with Crippen LogP contribution in [-0.2, 0) is 16.1 Å². The number of rotatable bonds is 4. The van der Waals surface area contributed by atoms with Gasteiger partial charge in [0.15, 0.2) is 0 Å². The molecule has 8 nitrogen and oxygen atoms in total. The van der Waals surface area contributed by atoms with Gasteiger partial charge in [-0.3, -0.25) is 4.79 Å². The molecule has 2 rings (SSSR count). The quantitative estimate of drug-likeness (QED) is 0.752.